The number of unbranched alkanes of at least 4 members (excludes halogenated alkanes) is 1. The summed E-state index contributed by atoms with van der Waals surface area (Å²) in [5, 5.41) is 3.12. The van der Waals surface area contributed by atoms with Crippen LogP contribution in [0, 0.1) is 11.8 Å². The molecule has 0 spiro atoms. The first-order chi connectivity index (χ1) is 7.72. The summed E-state index contributed by atoms with van der Waals surface area (Å²) in [5.41, 5.74) is 5.69. The van der Waals surface area contributed by atoms with Crippen molar-refractivity contribution in [1.82, 2.24) is 5.32 Å². The molecular formula is C13H26N2O. The Bertz CT molecular complexity index is 214. The fourth-order valence-electron chi connectivity index (χ4n) is 2.14. The molecule has 3 nitrogen and oxygen atoms in total. The monoisotopic (exact) mass is 226 g/mol. The molecule has 2 unspecified atom stereocenters. The number of carbonyl (C=O) groups is 1. The standard InChI is InChI=1S/C13H26N2O/c1-3-5-6-10(4-2)13(16)15-12(9-14)11-7-8-11/h10-12H,3-9,14H2,1-2H3,(H,15,16). The second-order valence-corrected chi connectivity index (χ2v) is 4.94. The summed E-state index contributed by atoms with van der Waals surface area (Å²) in [4.78, 5) is 12.0. The third-order valence-electron chi connectivity index (χ3n) is 3.54. The lowest BCUT2D eigenvalue weighted by atomic mass is 9.98. The van der Waals surface area contributed by atoms with Gasteiger partial charge in [0.15, 0.2) is 0 Å². The average molecular weight is 226 g/mol. The van der Waals surface area contributed by atoms with Crippen molar-refractivity contribution in [2.45, 2.75) is 58.4 Å². The Morgan fingerprint density at radius 1 is 1.44 bits per heavy atom. The molecule has 1 fully saturated rings. The molecule has 1 aliphatic rings. The molecule has 2 atom stereocenters. The van der Waals surface area contributed by atoms with Crippen LogP contribution in [-0.4, -0.2) is 18.5 Å². The van der Waals surface area contributed by atoms with E-state index < -0.39 is 0 Å². The molecule has 0 aromatic heterocycles. The summed E-state index contributed by atoms with van der Waals surface area (Å²) in [6.45, 7) is 4.84. The molecule has 1 aliphatic carbocycles. The highest BCUT2D eigenvalue weighted by molar-refractivity contribution is 5.78. The maximum atomic E-state index is 12.0. The van der Waals surface area contributed by atoms with Gasteiger partial charge in [0.25, 0.3) is 0 Å². The topological polar surface area (TPSA) is 55.1 Å². The van der Waals surface area contributed by atoms with Gasteiger partial charge >= 0.3 is 0 Å². The molecule has 16 heavy (non-hydrogen) atoms. The second kappa shape index (κ2) is 6.89. The minimum absolute atomic E-state index is 0.188. The molecule has 1 rings (SSSR count). The van der Waals surface area contributed by atoms with E-state index in [1.54, 1.807) is 0 Å². The number of nitrogens with one attached hydrogen (secondary N) is 1. The van der Waals surface area contributed by atoms with Gasteiger partial charge in [0, 0.05) is 18.5 Å². The van der Waals surface area contributed by atoms with E-state index in [1.165, 1.54) is 12.8 Å². The lowest BCUT2D eigenvalue weighted by Crippen LogP contribution is -2.44. The zero-order chi connectivity index (χ0) is 12.0. The van der Waals surface area contributed by atoms with Crippen LogP contribution in [0.15, 0.2) is 0 Å². The number of amides is 1. The number of hydrogen-bond acceptors (Lipinski definition) is 2. The molecule has 1 saturated carbocycles. The average Bonchev–Trinajstić information content (AvgIpc) is 3.10. The van der Waals surface area contributed by atoms with Gasteiger partial charge in [-0.05, 0) is 31.6 Å². The molecule has 0 aromatic rings. The van der Waals surface area contributed by atoms with Crippen molar-refractivity contribution in [2.24, 2.45) is 17.6 Å². The Labute approximate surface area is 99.2 Å². The SMILES string of the molecule is CCCCC(CC)C(=O)NC(CN)C1CC1. The molecule has 0 radical (unpaired) electrons. The Morgan fingerprint density at radius 3 is 2.56 bits per heavy atom. The van der Waals surface area contributed by atoms with Crippen LogP contribution in [0.5, 0.6) is 0 Å². The highest BCUT2D eigenvalue weighted by Gasteiger charge is 2.32. The highest BCUT2D eigenvalue weighted by atomic mass is 16.1. The van der Waals surface area contributed by atoms with Crippen LogP contribution in [-0.2, 0) is 4.79 Å². The maximum absolute atomic E-state index is 12.0. The van der Waals surface area contributed by atoms with E-state index in [0.29, 0.717) is 12.5 Å². The summed E-state index contributed by atoms with van der Waals surface area (Å²) in [7, 11) is 0. The van der Waals surface area contributed by atoms with Crippen molar-refractivity contribution >= 4 is 5.91 Å². The van der Waals surface area contributed by atoms with Crippen molar-refractivity contribution in [1.29, 1.82) is 0 Å². The smallest absolute Gasteiger partial charge is 0.223 e. The fourth-order valence-corrected chi connectivity index (χ4v) is 2.14. The van der Waals surface area contributed by atoms with Gasteiger partial charge in [-0.3, -0.25) is 4.79 Å². The van der Waals surface area contributed by atoms with Crippen molar-refractivity contribution < 1.29 is 4.79 Å². The third-order valence-corrected chi connectivity index (χ3v) is 3.54. The van der Waals surface area contributed by atoms with Crippen molar-refractivity contribution in [3.63, 3.8) is 0 Å². The summed E-state index contributed by atoms with van der Waals surface area (Å²) < 4.78 is 0. The molecular weight excluding hydrogens is 200 g/mol. The van der Waals surface area contributed by atoms with E-state index in [2.05, 4.69) is 19.2 Å². The number of rotatable bonds is 8. The van der Waals surface area contributed by atoms with Crippen LogP contribution in [0.2, 0.25) is 0 Å². The maximum Gasteiger partial charge on any atom is 0.223 e. The van der Waals surface area contributed by atoms with Gasteiger partial charge in [-0.25, -0.2) is 0 Å². The summed E-state index contributed by atoms with van der Waals surface area (Å²) in [6.07, 6.45) is 6.71. The first-order valence-corrected chi connectivity index (χ1v) is 6.73. The summed E-state index contributed by atoms with van der Waals surface area (Å²) in [6, 6.07) is 0.225. The molecule has 1 amide bonds. The van der Waals surface area contributed by atoms with Gasteiger partial charge < -0.3 is 11.1 Å². The Balaban J connectivity index is 2.34. The summed E-state index contributed by atoms with van der Waals surface area (Å²) in [5.74, 6) is 1.06. The minimum Gasteiger partial charge on any atom is -0.352 e. The number of carbonyl (C=O) groups excluding carboxylic acids is 1. The normalized spacial score (nSPS) is 19.2. The quantitative estimate of drug-likeness (QED) is 0.665. The van der Waals surface area contributed by atoms with Crippen LogP contribution in [0.25, 0.3) is 0 Å². The third kappa shape index (κ3) is 4.12. The predicted octanol–water partition coefficient (Wildman–Crippen LogP) is 2.06. The Morgan fingerprint density at radius 2 is 2.12 bits per heavy atom. The first kappa shape index (κ1) is 13.5. The van der Waals surface area contributed by atoms with E-state index in [0.717, 1.165) is 25.7 Å². The molecule has 94 valence electrons. The van der Waals surface area contributed by atoms with Crippen LogP contribution < -0.4 is 11.1 Å². The second-order valence-electron chi connectivity index (χ2n) is 4.94. The molecule has 0 heterocycles. The van der Waals surface area contributed by atoms with E-state index in [-0.39, 0.29) is 17.9 Å². The van der Waals surface area contributed by atoms with Crippen molar-refractivity contribution in [3.05, 3.63) is 0 Å². The lowest BCUT2D eigenvalue weighted by Gasteiger charge is -2.20. The van der Waals surface area contributed by atoms with Gasteiger partial charge in [0.1, 0.15) is 0 Å². The van der Waals surface area contributed by atoms with Crippen LogP contribution in [0.1, 0.15) is 52.4 Å². The van der Waals surface area contributed by atoms with Gasteiger partial charge in [0.05, 0.1) is 0 Å². The molecule has 0 saturated heterocycles. The molecule has 0 bridgehead atoms. The highest BCUT2D eigenvalue weighted by Crippen LogP contribution is 2.32. The van der Waals surface area contributed by atoms with Crippen molar-refractivity contribution in [3.8, 4) is 0 Å². The molecule has 3 heteroatoms. The Kier molecular flexibility index (Phi) is 5.81. The van der Waals surface area contributed by atoms with E-state index in [9.17, 15) is 4.79 Å². The zero-order valence-electron chi connectivity index (χ0n) is 10.7. The predicted molar refractivity (Wildman–Crippen MR) is 67.0 cm³/mol. The molecule has 3 N–H and O–H groups in total. The fraction of sp³-hybridized carbons (Fsp3) is 0.923. The van der Waals surface area contributed by atoms with Gasteiger partial charge in [0.2, 0.25) is 5.91 Å². The minimum atomic E-state index is 0.188. The Hall–Kier alpha value is -0.570. The molecule has 0 aromatic carbocycles. The lowest BCUT2D eigenvalue weighted by molar-refractivity contribution is -0.126. The van der Waals surface area contributed by atoms with Gasteiger partial charge in [-0.2, -0.15) is 0 Å². The molecule has 0 aliphatic heterocycles. The van der Waals surface area contributed by atoms with Crippen LogP contribution in [0.4, 0.5) is 0 Å². The van der Waals surface area contributed by atoms with E-state index in [1.807, 2.05) is 0 Å². The summed E-state index contributed by atoms with van der Waals surface area (Å²) >= 11 is 0. The van der Waals surface area contributed by atoms with E-state index in [4.69, 9.17) is 5.73 Å². The number of nitrogens with two attached hydrogens (primary N) is 1. The van der Waals surface area contributed by atoms with Gasteiger partial charge in [-0.1, -0.05) is 26.7 Å². The number of hydrogen-bond donors (Lipinski definition) is 2. The van der Waals surface area contributed by atoms with Crippen LogP contribution >= 0.6 is 0 Å². The van der Waals surface area contributed by atoms with Crippen molar-refractivity contribution in [2.75, 3.05) is 6.54 Å². The first-order valence-electron chi connectivity index (χ1n) is 6.73. The zero-order valence-corrected chi connectivity index (χ0v) is 10.7. The van der Waals surface area contributed by atoms with E-state index >= 15 is 0 Å². The van der Waals surface area contributed by atoms with Crippen LogP contribution in [0.3, 0.4) is 0 Å². The van der Waals surface area contributed by atoms with Gasteiger partial charge in [-0.15, -0.1) is 0 Å². The largest absolute Gasteiger partial charge is 0.352 e.